The Morgan fingerprint density at radius 2 is 1.71 bits per heavy atom. The topological polar surface area (TPSA) is 129 Å². The minimum Gasteiger partial charge on any atom is -0.348 e. The summed E-state index contributed by atoms with van der Waals surface area (Å²) in [6.45, 7) is 0.881. The van der Waals surface area contributed by atoms with Crippen molar-refractivity contribution in [3.05, 3.63) is 11.6 Å². The lowest BCUT2D eigenvalue weighted by Crippen LogP contribution is -2.58. The predicted octanol–water partition coefficient (Wildman–Crippen LogP) is 2.60. The average molecular weight is 593 g/mol. The van der Waals surface area contributed by atoms with Crippen molar-refractivity contribution in [2.45, 2.75) is 81.8 Å². The average Bonchev–Trinajstić information content (AvgIpc) is 3.43. The second kappa shape index (κ2) is 12.2. The van der Waals surface area contributed by atoms with E-state index in [0.29, 0.717) is 38.5 Å². The van der Waals surface area contributed by atoms with E-state index < -0.39 is 78.3 Å². The van der Waals surface area contributed by atoms with Crippen molar-refractivity contribution in [3.8, 4) is 12.1 Å². The number of fused-ring (bicyclic) bond motifs is 1. The Labute approximate surface area is 242 Å². The Bertz CT molecular complexity index is 1190. The molecule has 228 valence electrons. The molecule has 2 saturated heterocycles. The van der Waals surface area contributed by atoms with Gasteiger partial charge in [0, 0.05) is 67.7 Å². The maximum Gasteiger partial charge on any atom is 0.393 e. The number of halogens is 4. The Balaban J connectivity index is 1.32. The Hall–Kier alpha value is -3.19. The summed E-state index contributed by atoms with van der Waals surface area (Å²) in [6.07, 6.45) is -2.38. The van der Waals surface area contributed by atoms with Gasteiger partial charge in [0.05, 0.1) is 30.0 Å². The molecule has 9 nitrogen and oxygen atoms in total. The number of hydrogen-bond acceptors (Lipinski definition) is 6. The van der Waals surface area contributed by atoms with Crippen LogP contribution in [0.5, 0.6) is 0 Å². The summed E-state index contributed by atoms with van der Waals surface area (Å²) in [4.78, 5) is 42.3. The maximum absolute atomic E-state index is 14.5. The molecule has 42 heavy (non-hydrogen) atoms. The van der Waals surface area contributed by atoms with E-state index in [-0.39, 0.29) is 44.1 Å². The number of amides is 3. The highest BCUT2D eigenvalue weighted by molar-refractivity contribution is 6.03. The van der Waals surface area contributed by atoms with Crippen molar-refractivity contribution in [1.29, 1.82) is 10.5 Å². The summed E-state index contributed by atoms with van der Waals surface area (Å²) in [5, 5.41) is 24.3. The summed E-state index contributed by atoms with van der Waals surface area (Å²) < 4.78 is 57.9. The molecular weight excluding hydrogens is 556 g/mol. The van der Waals surface area contributed by atoms with E-state index in [1.54, 1.807) is 4.90 Å². The molecule has 0 radical (unpaired) electrons. The first-order valence-corrected chi connectivity index (χ1v) is 14.9. The van der Waals surface area contributed by atoms with E-state index >= 15 is 0 Å². The normalized spacial score (nSPS) is 36.2. The number of alkyl halides is 4. The first-order chi connectivity index (χ1) is 20.0. The molecule has 3 aliphatic heterocycles. The smallest absolute Gasteiger partial charge is 0.348 e. The molecule has 0 aromatic carbocycles. The van der Waals surface area contributed by atoms with Crippen LogP contribution in [0.3, 0.4) is 0 Å². The fraction of sp³-hybridized carbons (Fsp3) is 0.759. The van der Waals surface area contributed by atoms with E-state index in [9.17, 15) is 42.5 Å². The van der Waals surface area contributed by atoms with Crippen LogP contribution in [0.15, 0.2) is 11.6 Å². The molecule has 0 aromatic rings. The number of nitriles is 2. The van der Waals surface area contributed by atoms with Gasteiger partial charge in [-0.15, -0.1) is 0 Å². The number of nitrogens with zero attached hydrogens (tertiary/aromatic N) is 4. The number of piperidine rings is 1. The molecule has 2 aliphatic carbocycles. The van der Waals surface area contributed by atoms with Crippen LogP contribution >= 0.6 is 0 Å². The third-order valence-electron chi connectivity index (χ3n) is 9.86. The van der Waals surface area contributed by atoms with Crippen molar-refractivity contribution in [2.24, 2.45) is 29.6 Å². The zero-order chi connectivity index (χ0) is 30.2. The lowest BCUT2D eigenvalue weighted by molar-refractivity contribution is -0.209. The maximum atomic E-state index is 14.5. The molecule has 2 saturated carbocycles. The van der Waals surface area contributed by atoms with Crippen molar-refractivity contribution < 1.29 is 31.9 Å². The Morgan fingerprint density at radius 1 is 1.00 bits per heavy atom. The summed E-state index contributed by atoms with van der Waals surface area (Å²) in [6, 6.07) is 1.68. The molecule has 13 heteroatoms. The molecule has 5 aliphatic rings. The van der Waals surface area contributed by atoms with Gasteiger partial charge >= 0.3 is 6.18 Å². The van der Waals surface area contributed by atoms with Crippen molar-refractivity contribution in [1.82, 2.24) is 20.4 Å². The van der Waals surface area contributed by atoms with E-state index in [1.807, 2.05) is 6.07 Å². The summed E-state index contributed by atoms with van der Waals surface area (Å²) in [7, 11) is 0. The number of nitrogens with one attached hydrogen (secondary N) is 2. The van der Waals surface area contributed by atoms with Crippen molar-refractivity contribution in [2.75, 3.05) is 26.2 Å². The molecule has 3 heterocycles. The van der Waals surface area contributed by atoms with E-state index in [4.69, 9.17) is 0 Å². The summed E-state index contributed by atoms with van der Waals surface area (Å²) in [5.74, 6) is -5.98. The fourth-order valence-electron chi connectivity index (χ4n) is 7.74. The van der Waals surface area contributed by atoms with Crippen LogP contribution in [-0.4, -0.2) is 84.2 Å². The highest BCUT2D eigenvalue weighted by atomic mass is 19.4. The molecule has 8 atom stereocenters. The standard InChI is InChI=1S/C29H36F4N6O3/c30-23-3-1-2-19-20(12-24(40)37-25(19)23)27(41)36-18-6-9-39(15-18)26-21(10-17(14-35)11-22(26)29(31,32)33)28(42)38-7-4-16(13-34)5-8-38/h12,16-19,21-23,25-26H,1-11,15H2,(H,36,41)(H,37,40)/t17?,18-,19?,21?,22?,23?,25?,26?/m1/s1. The summed E-state index contributed by atoms with van der Waals surface area (Å²) >= 11 is 0. The molecule has 3 amide bonds. The Kier molecular flexibility index (Phi) is 8.79. The van der Waals surface area contributed by atoms with Gasteiger partial charge in [0.15, 0.2) is 0 Å². The number of rotatable bonds is 4. The largest absolute Gasteiger partial charge is 0.393 e. The summed E-state index contributed by atoms with van der Waals surface area (Å²) in [5.41, 5.74) is 0.195. The zero-order valence-corrected chi connectivity index (χ0v) is 23.3. The molecule has 5 rings (SSSR count). The third kappa shape index (κ3) is 6.12. The lowest BCUT2D eigenvalue weighted by Gasteiger charge is -2.46. The first-order valence-electron chi connectivity index (χ1n) is 14.9. The quantitative estimate of drug-likeness (QED) is 0.483. The fourth-order valence-corrected chi connectivity index (χ4v) is 7.74. The monoisotopic (exact) mass is 592 g/mol. The van der Waals surface area contributed by atoms with Crippen molar-refractivity contribution >= 4 is 17.7 Å². The van der Waals surface area contributed by atoms with Gasteiger partial charge in [-0.25, -0.2) is 4.39 Å². The number of carbonyl (C=O) groups excluding carboxylic acids is 3. The van der Waals surface area contributed by atoms with Gasteiger partial charge in [-0.2, -0.15) is 23.7 Å². The molecule has 0 aromatic heterocycles. The number of likely N-dealkylation sites (tertiary alicyclic amines) is 2. The SMILES string of the molecule is N#CC1CCN(C(=O)C2CC(C#N)CC(C(F)(F)F)C2N2CC[C@@H](NC(=O)C3=CC(=O)NC4C(F)CCCC34)C2)CC1. The van der Waals surface area contributed by atoms with E-state index in [1.165, 1.54) is 11.0 Å². The van der Waals surface area contributed by atoms with Gasteiger partial charge in [0.1, 0.15) is 6.17 Å². The second-order valence-electron chi connectivity index (χ2n) is 12.4. The highest BCUT2D eigenvalue weighted by Gasteiger charge is 2.56. The molecule has 7 unspecified atom stereocenters. The minimum atomic E-state index is -4.63. The molecular formula is C29H36F4N6O3. The lowest BCUT2D eigenvalue weighted by atomic mass is 9.70. The highest BCUT2D eigenvalue weighted by Crippen LogP contribution is 2.46. The van der Waals surface area contributed by atoms with Crippen LogP contribution in [-0.2, 0) is 14.4 Å². The minimum absolute atomic E-state index is 0.0216. The first kappa shape index (κ1) is 30.3. The van der Waals surface area contributed by atoms with Gasteiger partial charge in [-0.1, -0.05) is 0 Å². The number of hydrogen-bond donors (Lipinski definition) is 2. The Morgan fingerprint density at radius 3 is 2.38 bits per heavy atom. The predicted molar refractivity (Wildman–Crippen MR) is 140 cm³/mol. The van der Waals surface area contributed by atoms with Crippen LogP contribution < -0.4 is 10.6 Å². The molecule has 2 N–H and O–H groups in total. The molecule has 0 spiro atoms. The van der Waals surface area contributed by atoms with E-state index in [2.05, 4.69) is 16.7 Å². The van der Waals surface area contributed by atoms with Gasteiger partial charge in [0.2, 0.25) is 17.7 Å². The molecule has 0 bridgehead atoms. The zero-order valence-electron chi connectivity index (χ0n) is 23.3. The van der Waals surface area contributed by atoms with Gasteiger partial charge in [0.25, 0.3) is 0 Å². The second-order valence-corrected chi connectivity index (χ2v) is 12.4. The van der Waals surface area contributed by atoms with Crippen LogP contribution in [0.1, 0.15) is 51.4 Å². The molecule has 4 fully saturated rings. The van der Waals surface area contributed by atoms with E-state index in [0.717, 1.165) is 0 Å². The number of carbonyl (C=O) groups is 3. The van der Waals surface area contributed by atoms with Crippen LogP contribution in [0.4, 0.5) is 17.6 Å². The van der Waals surface area contributed by atoms with Gasteiger partial charge < -0.3 is 15.5 Å². The van der Waals surface area contributed by atoms with Crippen LogP contribution in [0, 0.1) is 52.3 Å². The van der Waals surface area contributed by atoms with Gasteiger partial charge in [-0.3, -0.25) is 19.3 Å². The van der Waals surface area contributed by atoms with Crippen LogP contribution in [0.25, 0.3) is 0 Å². The van der Waals surface area contributed by atoms with Crippen molar-refractivity contribution in [3.63, 3.8) is 0 Å². The van der Waals surface area contributed by atoms with Gasteiger partial charge in [-0.05, 0) is 51.4 Å². The van der Waals surface area contributed by atoms with Crippen LogP contribution in [0.2, 0.25) is 0 Å². The third-order valence-corrected chi connectivity index (χ3v) is 9.86.